The quantitative estimate of drug-likeness (QED) is 0.0262. The standard InChI is InChI=1S/C43H34F8O7/c1-3-36(52)56-24-6-5-23-55-34-21-22-35(39(43(49,50)51)38(34)42(46,47)48)58-27-30-11-17-32(18-12-30)41(45)40(44)31-15-9-28(10-16-31)7-8-29-13-19-33(20-14-29)54-25-26-57-37(53)4-2/h3-4,9-22H,1-2,5-6,23-27H2. The molecule has 0 atom stereocenters. The van der Waals surface area contributed by atoms with Gasteiger partial charge in [-0.25, -0.2) is 18.4 Å². The van der Waals surface area contributed by atoms with Gasteiger partial charge in [0, 0.05) is 34.4 Å². The van der Waals surface area contributed by atoms with Crippen LogP contribution in [-0.4, -0.2) is 38.4 Å². The van der Waals surface area contributed by atoms with Gasteiger partial charge in [-0.1, -0.05) is 61.4 Å². The average molecular weight is 815 g/mol. The number of hydrogen-bond acceptors (Lipinski definition) is 7. The van der Waals surface area contributed by atoms with E-state index >= 15 is 8.78 Å². The number of benzene rings is 4. The maximum atomic E-state index is 15.2. The first-order chi connectivity index (χ1) is 27.6. The molecule has 7 nitrogen and oxygen atoms in total. The summed E-state index contributed by atoms with van der Waals surface area (Å²) in [5.74, 6) is 0.485. The van der Waals surface area contributed by atoms with Crippen molar-refractivity contribution in [1.29, 1.82) is 0 Å². The van der Waals surface area contributed by atoms with Gasteiger partial charge >= 0.3 is 24.3 Å². The van der Waals surface area contributed by atoms with Gasteiger partial charge in [-0.3, -0.25) is 0 Å². The van der Waals surface area contributed by atoms with Crippen molar-refractivity contribution in [2.45, 2.75) is 31.8 Å². The van der Waals surface area contributed by atoms with Gasteiger partial charge in [0.2, 0.25) is 0 Å². The first-order valence-electron chi connectivity index (χ1n) is 17.3. The van der Waals surface area contributed by atoms with Crippen molar-refractivity contribution in [1.82, 2.24) is 0 Å². The van der Waals surface area contributed by atoms with E-state index in [2.05, 4.69) is 25.0 Å². The zero-order valence-corrected chi connectivity index (χ0v) is 30.5. The lowest BCUT2D eigenvalue weighted by atomic mass is 10.0. The molecule has 0 heterocycles. The summed E-state index contributed by atoms with van der Waals surface area (Å²) >= 11 is 0. The second kappa shape index (κ2) is 20.6. The second-order valence-corrected chi connectivity index (χ2v) is 11.9. The highest BCUT2D eigenvalue weighted by molar-refractivity contribution is 5.83. The highest BCUT2D eigenvalue weighted by atomic mass is 19.4. The van der Waals surface area contributed by atoms with E-state index in [1.807, 2.05) is 0 Å². The fourth-order valence-electron chi connectivity index (χ4n) is 4.99. The van der Waals surface area contributed by atoms with E-state index in [1.165, 1.54) is 36.4 Å². The lowest BCUT2D eigenvalue weighted by molar-refractivity contribution is -0.164. The van der Waals surface area contributed by atoms with Crippen molar-refractivity contribution in [2.24, 2.45) is 0 Å². The fourth-order valence-corrected chi connectivity index (χ4v) is 4.99. The molecule has 0 amide bonds. The summed E-state index contributed by atoms with van der Waals surface area (Å²) in [5, 5.41) is 0. The minimum Gasteiger partial charge on any atom is -0.493 e. The maximum Gasteiger partial charge on any atom is 0.420 e. The summed E-state index contributed by atoms with van der Waals surface area (Å²) < 4.78 is 140. The zero-order chi connectivity index (χ0) is 42.3. The molecule has 0 aliphatic heterocycles. The largest absolute Gasteiger partial charge is 0.493 e. The normalized spacial score (nSPS) is 11.7. The van der Waals surface area contributed by atoms with Crippen LogP contribution in [0, 0.1) is 11.8 Å². The first kappa shape index (κ1) is 44.2. The molecular weight excluding hydrogens is 780 g/mol. The molecule has 4 aromatic carbocycles. The third-order valence-corrected chi connectivity index (χ3v) is 7.80. The van der Waals surface area contributed by atoms with Crippen molar-refractivity contribution in [2.75, 3.05) is 26.4 Å². The minimum atomic E-state index is -5.51. The predicted molar refractivity (Wildman–Crippen MR) is 198 cm³/mol. The molecule has 0 saturated heterocycles. The molecule has 58 heavy (non-hydrogen) atoms. The van der Waals surface area contributed by atoms with Crippen LogP contribution in [0.4, 0.5) is 35.1 Å². The number of esters is 2. The Hall–Kier alpha value is -6.56. The lowest BCUT2D eigenvalue weighted by Crippen LogP contribution is -2.20. The van der Waals surface area contributed by atoms with Gasteiger partial charge in [-0.2, -0.15) is 26.3 Å². The van der Waals surface area contributed by atoms with Gasteiger partial charge in [0.1, 0.15) is 48.2 Å². The van der Waals surface area contributed by atoms with E-state index in [-0.39, 0.29) is 49.4 Å². The molecule has 0 fully saturated rings. The first-order valence-corrected chi connectivity index (χ1v) is 17.3. The number of alkyl halides is 6. The number of carbonyl (C=O) groups is 2. The summed E-state index contributed by atoms with van der Waals surface area (Å²) in [6.07, 6.45) is -8.79. The fraction of sp³-hybridized carbons (Fsp3) is 0.209. The van der Waals surface area contributed by atoms with Crippen LogP contribution in [0.15, 0.2) is 110 Å². The van der Waals surface area contributed by atoms with Gasteiger partial charge in [0.15, 0.2) is 11.7 Å². The summed E-state index contributed by atoms with van der Waals surface area (Å²) in [4.78, 5) is 22.1. The monoisotopic (exact) mass is 814 g/mol. The van der Waals surface area contributed by atoms with E-state index < -0.39 is 71.8 Å². The topological polar surface area (TPSA) is 80.3 Å². The molecule has 0 N–H and O–H groups in total. The molecule has 4 aromatic rings. The van der Waals surface area contributed by atoms with Crippen molar-refractivity contribution in [3.8, 4) is 29.1 Å². The molecule has 0 aliphatic carbocycles. The van der Waals surface area contributed by atoms with Crippen LogP contribution in [0.25, 0.3) is 11.7 Å². The Bertz CT molecular complexity index is 2150. The molecule has 15 heteroatoms. The number of halogens is 8. The number of rotatable bonds is 17. The zero-order valence-electron chi connectivity index (χ0n) is 30.5. The summed E-state index contributed by atoms with van der Waals surface area (Å²) in [6.45, 7) is 5.57. The smallest absolute Gasteiger partial charge is 0.420 e. The van der Waals surface area contributed by atoms with E-state index in [4.69, 9.17) is 23.7 Å². The molecule has 0 saturated carbocycles. The van der Waals surface area contributed by atoms with Crippen molar-refractivity contribution in [3.63, 3.8) is 0 Å². The molecule has 0 spiro atoms. The van der Waals surface area contributed by atoms with E-state index in [0.717, 1.165) is 24.3 Å². The van der Waals surface area contributed by atoms with Crippen LogP contribution >= 0.6 is 0 Å². The third-order valence-electron chi connectivity index (χ3n) is 7.80. The van der Waals surface area contributed by atoms with Gasteiger partial charge in [0.25, 0.3) is 0 Å². The Balaban J connectivity index is 1.39. The molecular formula is C43H34F8O7. The number of ether oxygens (including phenoxy) is 5. The van der Waals surface area contributed by atoms with Crippen LogP contribution < -0.4 is 14.2 Å². The van der Waals surface area contributed by atoms with Crippen LogP contribution in [0.2, 0.25) is 0 Å². The number of unbranched alkanes of at least 4 members (excludes halogenated alkanes) is 1. The minimum absolute atomic E-state index is 0.0545. The second-order valence-electron chi connectivity index (χ2n) is 11.9. The van der Waals surface area contributed by atoms with E-state index in [0.29, 0.717) is 29.0 Å². The van der Waals surface area contributed by atoms with Crippen molar-refractivity contribution in [3.05, 3.63) is 149 Å². The third kappa shape index (κ3) is 13.0. The lowest BCUT2D eigenvalue weighted by Gasteiger charge is -2.22. The van der Waals surface area contributed by atoms with Gasteiger partial charge in [0.05, 0.1) is 13.2 Å². The van der Waals surface area contributed by atoms with Crippen LogP contribution in [0.3, 0.4) is 0 Å². The molecule has 0 bridgehead atoms. The van der Waals surface area contributed by atoms with Crippen LogP contribution in [0.5, 0.6) is 17.2 Å². The Morgan fingerprint density at radius 3 is 1.50 bits per heavy atom. The highest BCUT2D eigenvalue weighted by Gasteiger charge is 2.48. The van der Waals surface area contributed by atoms with Gasteiger partial charge in [-0.05, 0) is 66.9 Å². The van der Waals surface area contributed by atoms with Gasteiger partial charge in [-0.15, -0.1) is 0 Å². The van der Waals surface area contributed by atoms with Crippen molar-refractivity contribution >= 4 is 23.6 Å². The average Bonchev–Trinajstić information content (AvgIpc) is 3.21. The molecule has 0 unspecified atom stereocenters. The van der Waals surface area contributed by atoms with Crippen LogP contribution in [0.1, 0.15) is 51.8 Å². The number of carbonyl (C=O) groups excluding carboxylic acids is 2. The Kier molecular flexibility index (Phi) is 15.7. The highest BCUT2D eigenvalue weighted by Crippen LogP contribution is 2.49. The summed E-state index contributed by atoms with van der Waals surface area (Å²) in [7, 11) is 0. The van der Waals surface area contributed by atoms with E-state index in [1.54, 1.807) is 24.3 Å². The molecule has 0 radical (unpaired) electrons. The summed E-state index contributed by atoms with van der Waals surface area (Å²) in [6, 6.07) is 18.5. The molecule has 0 aromatic heterocycles. The molecule has 304 valence electrons. The Morgan fingerprint density at radius 1 is 0.552 bits per heavy atom. The maximum absolute atomic E-state index is 15.2. The Labute approximate surface area is 328 Å². The van der Waals surface area contributed by atoms with E-state index in [9.17, 15) is 35.9 Å². The van der Waals surface area contributed by atoms with Crippen molar-refractivity contribution < 1.29 is 68.4 Å². The van der Waals surface area contributed by atoms with Crippen LogP contribution in [-0.2, 0) is 38.0 Å². The van der Waals surface area contributed by atoms with Gasteiger partial charge < -0.3 is 23.7 Å². The summed E-state index contributed by atoms with van der Waals surface area (Å²) in [5.41, 5.74) is -3.19. The Morgan fingerprint density at radius 2 is 1.00 bits per heavy atom. The molecule has 0 aliphatic rings. The number of hydrogen-bond donors (Lipinski definition) is 0. The molecule has 4 rings (SSSR count). The predicted octanol–water partition coefficient (Wildman–Crippen LogP) is 10.5. The SMILES string of the molecule is C=CC(=O)OCCCCOc1ccc(OCc2ccc(C(F)=C(F)c3ccc(C#Cc4ccc(OCCOC(=O)C=C)cc4)cc3)cc2)c(C(F)(F)F)c1C(F)(F)F.